The molecule has 1 aromatic rings. The summed E-state index contributed by atoms with van der Waals surface area (Å²) in [4.78, 5) is 23.6. The van der Waals surface area contributed by atoms with E-state index in [1.807, 2.05) is 0 Å². The molecule has 18 heavy (non-hydrogen) atoms. The van der Waals surface area contributed by atoms with Crippen molar-refractivity contribution in [1.29, 1.82) is 0 Å². The zero-order chi connectivity index (χ0) is 13.0. The number of hydrogen-bond donors (Lipinski definition) is 3. The molecule has 0 aromatic heterocycles. The highest BCUT2D eigenvalue weighted by Gasteiger charge is 2.30. The van der Waals surface area contributed by atoms with Crippen LogP contribution in [0.25, 0.3) is 0 Å². The minimum Gasteiger partial charge on any atom is -0.351 e. The van der Waals surface area contributed by atoms with E-state index in [0.717, 1.165) is 12.8 Å². The van der Waals surface area contributed by atoms with Crippen LogP contribution in [-0.4, -0.2) is 24.9 Å². The van der Waals surface area contributed by atoms with Gasteiger partial charge in [-0.1, -0.05) is 12.1 Å². The SMILES string of the molecule is NCCNC(=O)c1ccccc1NC(=O)C1CC1. The molecule has 0 heterocycles. The third kappa shape index (κ3) is 3.07. The van der Waals surface area contributed by atoms with Gasteiger partial charge in [-0.15, -0.1) is 0 Å². The highest BCUT2D eigenvalue weighted by molar-refractivity contribution is 6.04. The van der Waals surface area contributed by atoms with Gasteiger partial charge in [-0.2, -0.15) is 0 Å². The summed E-state index contributed by atoms with van der Waals surface area (Å²) >= 11 is 0. The predicted octanol–water partition coefficient (Wildman–Crippen LogP) is 0.724. The summed E-state index contributed by atoms with van der Waals surface area (Å²) in [6.07, 6.45) is 1.88. The molecule has 0 aliphatic heterocycles. The van der Waals surface area contributed by atoms with Gasteiger partial charge in [0.15, 0.2) is 0 Å². The quantitative estimate of drug-likeness (QED) is 0.717. The first-order chi connectivity index (χ1) is 8.72. The van der Waals surface area contributed by atoms with Gasteiger partial charge in [-0.3, -0.25) is 9.59 Å². The molecule has 5 heteroatoms. The summed E-state index contributed by atoms with van der Waals surface area (Å²) in [5.74, 6) is -0.105. The van der Waals surface area contributed by atoms with Gasteiger partial charge < -0.3 is 16.4 Å². The molecule has 1 aliphatic carbocycles. The average molecular weight is 247 g/mol. The number of amides is 2. The lowest BCUT2D eigenvalue weighted by atomic mass is 10.1. The van der Waals surface area contributed by atoms with E-state index < -0.39 is 0 Å². The fraction of sp³-hybridized carbons (Fsp3) is 0.385. The molecule has 1 saturated carbocycles. The van der Waals surface area contributed by atoms with Gasteiger partial charge in [0.2, 0.25) is 5.91 Å². The van der Waals surface area contributed by atoms with Crippen molar-refractivity contribution in [2.24, 2.45) is 11.7 Å². The summed E-state index contributed by atoms with van der Waals surface area (Å²) in [7, 11) is 0. The minimum absolute atomic E-state index is 0.00549. The van der Waals surface area contributed by atoms with Crippen LogP contribution in [0.15, 0.2) is 24.3 Å². The van der Waals surface area contributed by atoms with Crippen LogP contribution in [0.4, 0.5) is 5.69 Å². The lowest BCUT2D eigenvalue weighted by Gasteiger charge is -2.10. The largest absolute Gasteiger partial charge is 0.351 e. The van der Waals surface area contributed by atoms with Crippen LogP contribution in [0.3, 0.4) is 0 Å². The van der Waals surface area contributed by atoms with E-state index in [9.17, 15) is 9.59 Å². The van der Waals surface area contributed by atoms with Gasteiger partial charge in [-0.25, -0.2) is 0 Å². The Balaban J connectivity index is 2.08. The number of anilines is 1. The van der Waals surface area contributed by atoms with Crippen molar-refractivity contribution in [2.75, 3.05) is 18.4 Å². The number of para-hydroxylation sites is 1. The molecule has 2 amide bonds. The number of carbonyl (C=O) groups is 2. The first kappa shape index (κ1) is 12.6. The second-order valence-electron chi connectivity index (χ2n) is 4.35. The van der Waals surface area contributed by atoms with Gasteiger partial charge in [0.1, 0.15) is 0 Å². The molecular formula is C13H17N3O2. The maximum Gasteiger partial charge on any atom is 0.253 e. The van der Waals surface area contributed by atoms with E-state index in [2.05, 4.69) is 10.6 Å². The summed E-state index contributed by atoms with van der Waals surface area (Å²) in [6.45, 7) is 0.812. The van der Waals surface area contributed by atoms with Crippen LogP contribution in [-0.2, 0) is 4.79 Å². The molecule has 1 aromatic carbocycles. The molecule has 0 bridgehead atoms. The molecule has 2 rings (SSSR count). The van der Waals surface area contributed by atoms with Gasteiger partial charge in [0.25, 0.3) is 5.91 Å². The van der Waals surface area contributed by atoms with Crippen LogP contribution in [0.5, 0.6) is 0 Å². The molecule has 0 spiro atoms. The number of hydrogen-bond acceptors (Lipinski definition) is 3. The Bertz CT molecular complexity index is 455. The smallest absolute Gasteiger partial charge is 0.253 e. The molecule has 0 atom stereocenters. The molecule has 96 valence electrons. The summed E-state index contributed by atoms with van der Waals surface area (Å²) in [5, 5.41) is 5.49. The van der Waals surface area contributed by atoms with E-state index in [4.69, 9.17) is 5.73 Å². The van der Waals surface area contributed by atoms with E-state index >= 15 is 0 Å². The predicted molar refractivity (Wildman–Crippen MR) is 69.2 cm³/mol. The monoisotopic (exact) mass is 247 g/mol. The number of benzene rings is 1. The minimum atomic E-state index is -0.216. The average Bonchev–Trinajstić information content (AvgIpc) is 3.20. The lowest BCUT2D eigenvalue weighted by molar-refractivity contribution is -0.117. The molecule has 0 saturated heterocycles. The Morgan fingerprint density at radius 1 is 1.28 bits per heavy atom. The number of carbonyl (C=O) groups excluding carboxylic acids is 2. The molecule has 5 nitrogen and oxygen atoms in total. The van der Waals surface area contributed by atoms with Crippen molar-refractivity contribution in [3.8, 4) is 0 Å². The molecule has 0 unspecified atom stereocenters. The van der Waals surface area contributed by atoms with E-state index in [-0.39, 0.29) is 17.7 Å². The Morgan fingerprint density at radius 3 is 2.67 bits per heavy atom. The fourth-order valence-corrected chi connectivity index (χ4v) is 1.65. The van der Waals surface area contributed by atoms with E-state index in [1.54, 1.807) is 24.3 Å². The molecule has 4 N–H and O–H groups in total. The molecule has 0 radical (unpaired) electrons. The van der Waals surface area contributed by atoms with E-state index in [1.165, 1.54) is 0 Å². The van der Waals surface area contributed by atoms with Crippen LogP contribution >= 0.6 is 0 Å². The molecular weight excluding hydrogens is 230 g/mol. The number of nitrogens with one attached hydrogen (secondary N) is 2. The van der Waals surface area contributed by atoms with E-state index in [0.29, 0.717) is 24.3 Å². The van der Waals surface area contributed by atoms with Crippen molar-refractivity contribution < 1.29 is 9.59 Å². The fourth-order valence-electron chi connectivity index (χ4n) is 1.65. The summed E-state index contributed by atoms with van der Waals surface area (Å²) in [5.41, 5.74) is 6.37. The Morgan fingerprint density at radius 2 is 2.00 bits per heavy atom. The van der Waals surface area contributed by atoms with Crippen molar-refractivity contribution in [2.45, 2.75) is 12.8 Å². The maximum absolute atomic E-state index is 11.9. The Kier molecular flexibility index (Phi) is 3.94. The molecule has 1 fully saturated rings. The van der Waals surface area contributed by atoms with Crippen LogP contribution < -0.4 is 16.4 Å². The van der Waals surface area contributed by atoms with Gasteiger partial charge in [-0.05, 0) is 25.0 Å². The number of rotatable bonds is 5. The lowest BCUT2D eigenvalue weighted by Crippen LogP contribution is -2.30. The van der Waals surface area contributed by atoms with Crippen LogP contribution in [0.1, 0.15) is 23.2 Å². The van der Waals surface area contributed by atoms with Crippen molar-refractivity contribution in [1.82, 2.24) is 5.32 Å². The molecule has 1 aliphatic rings. The highest BCUT2D eigenvalue weighted by atomic mass is 16.2. The third-order valence-electron chi connectivity index (χ3n) is 2.81. The van der Waals surface area contributed by atoms with Crippen LogP contribution in [0, 0.1) is 5.92 Å². The van der Waals surface area contributed by atoms with Crippen molar-refractivity contribution in [3.63, 3.8) is 0 Å². The first-order valence-corrected chi connectivity index (χ1v) is 6.10. The maximum atomic E-state index is 11.9. The van der Waals surface area contributed by atoms with Crippen molar-refractivity contribution >= 4 is 17.5 Å². The van der Waals surface area contributed by atoms with Gasteiger partial charge in [0, 0.05) is 19.0 Å². The van der Waals surface area contributed by atoms with Gasteiger partial charge >= 0.3 is 0 Å². The highest BCUT2D eigenvalue weighted by Crippen LogP contribution is 2.30. The second-order valence-corrected chi connectivity index (χ2v) is 4.35. The number of nitrogens with two attached hydrogens (primary N) is 1. The van der Waals surface area contributed by atoms with Crippen LogP contribution in [0.2, 0.25) is 0 Å². The topological polar surface area (TPSA) is 84.2 Å². The zero-order valence-corrected chi connectivity index (χ0v) is 10.1. The Hall–Kier alpha value is -1.88. The second kappa shape index (κ2) is 5.64. The standard InChI is InChI=1S/C13H17N3O2/c14-7-8-15-13(18)10-3-1-2-4-11(10)16-12(17)9-5-6-9/h1-4,9H,5-8,14H2,(H,15,18)(H,16,17). The summed E-state index contributed by atoms with van der Waals surface area (Å²) < 4.78 is 0. The normalized spacial score (nSPS) is 14.1. The Labute approximate surface area is 106 Å². The zero-order valence-electron chi connectivity index (χ0n) is 10.1. The third-order valence-corrected chi connectivity index (χ3v) is 2.81. The summed E-state index contributed by atoms with van der Waals surface area (Å²) in [6, 6.07) is 6.98. The van der Waals surface area contributed by atoms with Crippen molar-refractivity contribution in [3.05, 3.63) is 29.8 Å². The first-order valence-electron chi connectivity index (χ1n) is 6.10. The van der Waals surface area contributed by atoms with Gasteiger partial charge in [0.05, 0.1) is 11.3 Å².